The van der Waals surface area contributed by atoms with E-state index in [1.165, 1.54) is 12.1 Å². The molecule has 0 saturated carbocycles. The molecule has 3 rings (SSSR count). The Hall–Kier alpha value is -1.57. The van der Waals surface area contributed by atoms with Gasteiger partial charge in [0.25, 0.3) is 0 Å². The molecule has 0 bridgehead atoms. The second kappa shape index (κ2) is 5.01. The highest BCUT2D eigenvalue weighted by Crippen LogP contribution is 2.41. The minimum atomic E-state index is -1.32. The van der Waals surface area contributed by atoms with Crippen LogP contribution in [-0.2, 0) is 10.4 Å². The van der Waals surface area contributed by atoms with Gasteiger partial charge >= 0.3 is 0 Å². The predicted octanol–water partition coefficient (Wildman–Crippen LogP) is -0.552. The smallest absolute Gasteiger partial charge is 0.225 e. The average molecular weight is 295 g/mol. The molecule has 2 unspecified atom stereocenters. The molecule has 1 amide bonds. The lowest BCUT2D eigenvalue weighted by Gasteiger charge is -2.44. The molecular weight excluding hydrogens is 277 g/mol. The van der Waals surface area contributed by atoms with Gasteiger partial charge in [-0.05, 0) is 24.5 Å². The van der Waals surface area contributed by atoms with Crippen molar-refractivity contribution in [1.82, 2.24) is 9.88 Å². The molecule has 2 heterocycles. The molecule has 114 valence electrons. The maximum absolute atomic E-state index is 13.5. The number of fused-ring (bicyclic) bond motifs is 1. The third-order valence-corrected chi connectivity index (χ3v) is 4.32. The van der Waals surface area contributed by atoms with E-state index in [4.69, 9.17) is 5.73 Å². The molecule has 1 saturated heterocycles. The average Bonchev–Trinajstić information content (AvgIpc) is 2.38. The Morgan fingerprint density at radius 2 is 2.24 bits per heavy atom. The molecule has 1 aliphatic heterocycles. The van der Waals surface area contributed by atoms with Crippen LogP contribution in [0, 0.1) is 5.95 Å². The van der Waals surface area contributed by atoms with Crippen molar-refractivity contribution in [3.63, 3.8) is 0 Å². The minimum absolute atomic E-state index is 0.193. The summed E-state index contributed by atoms with van der Waals surface area (Å²) in [5, 5.41) is 20.2. The fourth-order valence-electron chi connectivity index (χ4n) is 3.25. The molecule has 4 N–H and O–H groups in total. The Labute approximate surface area is 121 Å². The van der Waals surface area contributed by atoms with Crippen molar-refractivity contribution >= 4 is 5.91 Å². The summed E-state index contributed by atoms with van der Waals surface area (Å²) in [7, 11) is 0. The Morgan fingerprint density at radius 1 is 1.52 bits per heavy atom. The maximum atomic E-state index is 13.5. The fourth-order valence-corrected chi connectivity index (χ4v) is 3.25. The van der Waals surface area contributed by atoms with Crippen LogP contribution < -0.4 is 5.73 Å². The highest BCUT2D eigenvalue weighted by Gasteiger charge is 2.44. The Morgan fingerprint density at radius 3 is 2.86 bits per heavy atom. The molecule has 1 aromatic heterocycles. The van der Waals surface area contributed by atoms with Gasteiger partial charge in [-0.15, -0.1) is 0 Å². The van der Waals surface area contributed by atoms with Gasteiger partial charge in [-0.2, -0.15) is 4.39 Å². The number of amides is 1. The van der Waals surface area contributed by atoms with Crippen LogP contribution in [0.1, 0.15) is 30.0 Å². The van der Waals surface area contributed by atoms with Gasteiger partial charge in [0.2, 0.25) is 11.9 Å². The molecule has 1 aliphatic carbocycles. The van der Waals surface area contributed by atoms with Gasteiger partial charge in [0.15, 0.2) is 0 Å². The number of halogens is 1. The second-order valence-electron chi connectivity index (χ2n) is 5.94. The van der Waals surface area contributed by atoms with Gasteiger partial charge in [-0.1, -0.05) is 6.07 Å². The van der Waals surface area contributed by atoms with E-state index < -0.39 is 23.4 Å². The van der Waals surface area contributed by atoms with E-state index >= 15 is 0 Å². The van der Waals surface area contributed by atoms with Crippen LogP contribution in [0.3, 0.4) is 0 Å². The summed E-state index contributed by atoms with van der Waals surface area (Å²) in [5.41, 5.74) is 4.76. The van der Waals surface area contributed by atoms with Crippen LogP contribution in [0.25, 0.3) is 0 Å². The van der Waals surface area contributed by atoms with Crippen molar-refractivity contribution in [2.24, 2.45) is 5.73 Å². The van der Waals surface area contributed by atoms with E-state index in [0.29, 0.717) is 25.1 Å². The van der Waals surface area contributed by atoms with Crippen molar-refractivity contribution in [2.45, 2.75) is 30.5 Å². The van der Waals surface area contributed by atoms with E-state index in [0.717, 1.165) is 0 Å². The summed E-state index contributed by atoms with van der Waals surface area (Å²) in [5.74, 6) is -1.73. The molecule has 0 radical (unpaired) electrons. The topological polar surface area (TPSA) is 99.7 Å². The molecule has 6 nitrogen and oxygen atoms in total. The molecule has 2 aliphatic rings. The number of β-amino-alcohol motifs (C(OH)–C–C–N with tert-alkyl or cyclic N) is 2. The lowest BCUT2D eigenvalue weighted by Crippen LogP contribution is -2.56. The first-order valence-corrected chi connectivity index (χ1v) is 6.98. The summed E-state index contributed by atoms with van der Waals surface area (Å²) in [6, 6.07) is 2.65. The number of pyridine rings is 1. The number of nitrogens with two attached hydrogens (primary N) is 1. The Bertz CT molecular complexity index is 577. The molecule has 1 aromatic rings. The highest BCUT2D eigenvalue weighted by molar-refractivity contribution is 5.82. The van der Waals surface area contributed by atoms with Crippen molar-refractivity contribution in [3.05, 3.63) is 29.3 Å². The van der Waals surface area contributed by atoms with Crippen LogP contribution in [0.2, 0.25) is 0 Å². The van der Waals surface area contributed by atoms with Gasteiger partial charge in [0.1, 0.15) is 5.60 Å². The zero-order valence-electron chi connectivity index (χ0n) is 11.5. The number of aliphatic hydroxyl groups is 2. The third kappa shape index (κ3) is 2.52. The van der Waals surface area contributed by atoms with Crippen molar-refractivity contribution in [3.8, 4) is 0 Å². The number of carbonyl (C=O) groups is 1. The first-order chi connectivity index (χ1) is 9.89. The second-order valence-corrected chi connectivity index (χ2v) is 5.94. The zero-order valence-corrected chi connectivity index (χ0v) is 11.5. The normalized spacial score (nSPS) is 29.8. The zero-order chi connectivity index (χ0) is 15.2. The van der Waals surface area contributed by atoms with E-state index in [1.54, 1.807) is 0 Å². The molecule has 7 heteroatoms. The van der Waals surface area contributed by atoms with Crippen molar-refractivity contribution < 1.29 is 19.4 Å². The maximum Gasteiger partial charge on any atom is 0.225 e. The highest BCUT2D eigenvalue weighted by atomic mass is 19.1. The van der Waals surface area contributed by atoms with E-state index in [-0.39, 0.29) is 24.8 Å². The Balaban J connectivity index is 1.94. The number of rotatable bonds is 3. The van der Waals surface area contributed by atoms with E-state index in [1.807, 2.05) is 4.90 Å². The summed E-state index contributed by atoms with van der Waals surface area (Å²) < 4.78 is 13.5. The predicted molar refractivity (Wildman–Crippen MR) is 71.7 cm³/mol. The van der Waals surface area contributed by atoms with Crippen LogP contribution in [-0.4, -0.2) is 51.7 Å². The first kappa shape index (κ1) is 14.4. The van der Waals surface area contributed by atoms with Crippen LogP contribution in [0.15, 0.2) is 12.1 Å². The Kier molecular flexibility index (Phi) is 3.43. The fraction of sp³-hybridized carbons (Fsp3) is 0.571. The standard InChI is InChI=1S/C14H18FN3O3/c15-11-2-1-9-10(13(16)20)3-4-14(21,12(9)17-11)7-18-5-8(19)6-18/h1-2,8,10,19,21H,3-7H2,(H2,16,20). The lowest BCUT2D eigenvalue weighted by molar-refractivity contribution is -0.121. The number of hydrogen-bond acceptors (Lipinski definition) is 5. The summed E-state index contributed by atoms with van der Waals surface area (Å²) in [4.78, 5) is 17.2. The van der Waals surface area contributed by atoms with Gasteiger partial charge < -0.3 is 15.9 Å². The van der Waals surface area contributed by atoms with Gasteiger partial charge in [0, 0.05) is 19.6 Å². The number of nitrogens with zero attached hydrogens (tertiary/aromatic N) is 2. The summed E-state index contributed by atoms with van der Waals surface area (Å²) in [6.07, 6.45) is 0.314. The first-order valence-electron chi connectivity index (χ1n) is 6.98. The summed E-state index contributed by atoms with van der Waals surface area (Å²) in [6.45, 7) is 1.22. The lowest BCUT2D eigenvalue weighted by atomic mass is 9.75. The van der Waals surface area contributed by atoms with Gasteiger partial charge in [0.05, 0.1) is 17.7 Å². The molecule has 1 fully saturated rings. The molecule has 21 heavy (non-hydrogen) atoms. The largest absolute Gasteiger partial charge is 0.390 e. The van der Waals surface area contributed by atoms with Crippen molar-refractivity contribution in [2.75, 3.05) is 19.6 Å². The number of hydrogen-bond donors (Lipinski definition) is 3. The monoisotopic (exact) mass is 295 g/mol. The molecule has 0 aromatic carbocycles. The van der Waals surface area contributed by atoms with E-state index in [9.17, 15) is 19.4 Å². The molecule has 2 atom stereocenters. The number of aliphatic hydroxyl groups excluding tert-OH is 1. The third-order valence-electron chi connectivity index (χ3n) is 4.32. The number of carbonyl (C=O) groups excluding carboxylic acids is 1. The van der Waals surface area contributed by atoms with Crippen molar-refractivity contribution in [1.29, 1.82) is 0 Å². The van der Waals surface area contributed by atoms with Crippen LogP contribution in [0.5, 0.6) is 0 Å². The number of likely N-dealkylation sites (tertiary alicyclic amines) is 1. The SMILES string of the molecule is NC(=O)C1CCC(O)(CN2CC(O)C2)c2nc(F)ccc21. The summed E-state index contributed by atoms with van der Waals surface area (Å²) >= 11 is 0. The molecule has 0 spiro atoms. The van der Waals surface area contributed by atoms with E-state index in [2.05, 4.69) is 4.98 Å². The quantitative estimate of drug-likeness (QED) is 0.650. The minimum Gasteiger partial charge on any atom is -0.390 e. The van der Waals surface area contributed by atoms with Crippen LogP contribution in [0.4, 0.5) is 4.39 Å². The van der Waals surface area contributed by atoms with Crippen LogP contribution >= 0.6 is 0 Å². The molecular formula is C14H18FN3O3. The number of aromatic nitrogens is 1. The number of primary amides is 1. The van der Waals surface area contributed by atoms with Gasteiger partial charge in [-0.3, -0.25) is 9.69 Å². The van der Waals surface area contributed by atoms with Gasteiger partial charge in [-0.25, -0.2) is 4.98 Å².